The molecule has 0 bridgehead atoms. The molecule has 88 valence electrons. The van der Waals surface area contributed by atoms with Gasteiger partial charge in [0.25, 0.3) is 0 Å². The number of nitrogens with one attached hydrogen (secondary N) is 1. The Balaban J connectivity index is 1.86. The Kier molecular flexibility index (Phi) is 3.90. The normalized spacial score (nSPS) is 24.6. The number of nitrogens with zero attached hydrogens (tertiary/aromatic N) is 1. The van der Waals surface area contributed by atoms with Crippen LogP contribution < -0.4 is 5.32 Å². The summed E-state index contributed by atoms with van der Waals surface area (Å²) in [6.07, 6.45) is 4.95. The van der Waals surface area contributed by atoms with Gasteiger partial charge >= 0.3 is 5.97 Å². The van der Waals surface area contributed by atoms with Crippen LogP contribution in [0.3, 0.4) is 0 Å². The average Bonchev–Trinajstić information content (AvgIpc) is 2.96. The smallest absolute Gasteiger partial charge is 0.310 e. The highest BCUT2D eigenvalue weighted by Crippen LogP contribution is 2.27. The van der Waals surface area contributed by atoms with Crippen LogP contribution in [0.5, 0.6) is 0 Å². The molecule has 0 amide bonds. The summed E-state index contributed by atoms with van der Waals surface area (Å²) >= 11 is 1.63. The van der Waals surface area contributed by atoms with E-state index in [4.69, 9.17) is 4.74 Å². The van der Waals surface area contributed by atoms with E-state index in [2.05, 4.69) is 10.3 Å². The van der Waals surface area contributed by atoms with Gasteiger partial charge in [-0.25, -0.2) is 0 Å². The lowest BCUT2D eigenvalue weighted by molar-refractivity contribution is -0.145. The maximum absolute atomic E-state index is 11.5. The molecule has 5 heteroatoms. The largest absolute Gasteiger partial charge is 0.469 e. The van der Waals surface area contributed by atoms with Crippen LogP contribution in [0.25, 0.3) is 0 Å². The van der Waals surface area contributed by atoms with Crippen LogP contribution in [-0.2, 0) is 16.1 Å². The number of hydrogen-bond donors (Lipinski definition) is 1. The van der Waals surface area contributed by atoms with Crippen molar-refractivity contribution in [3.8, 4) is 0 Å². The number of aromatic nitrogens is 1. The van der Waals surface area contributed by atoms with Gasteiger partial charge in [0.05, 0.1) is 18.5 Å². The summed E-state index contributed by atoms with van der Waals surface area (Å²) in [5.74, 6) is -0.0581. The summed E-state index contributed by atoms with van der Waals surface area (Å²) in [4.78, 5) is 16.7. The molecule has 0 radical (unpaired) electrons. The first kappa shape index (κ1) is 11.5. The van der Waals surface area contributed by atoms with E-state index >= 15 is 0 Å². The number of esters is 1. The Morgan fingerprint density at radius 2 is 2.56 bits per heavy atom. The van der Waals surface area contributed by atoms with Crippen molar-refractivity contribution in [2.24, 2.45) is 5.92 Å². The highest BCUT2D eigenvalue weighted by molar-refractivity contribution is 7.09. The van der Waals surface area contributed by atoms with Crippen molar-refractivity contribution in [2.75, 3.05) is 7.11 Å². The van der Waals surface area contributed by atoms with Gasteiger partial charge in [0.1, 0.15) is 0 Å². The van der Waals surface area contributed by atoms with E-state index in [9.17, 15) is 4.79 Å². The predicted molar refractivity (Wildman–Crippen MR) is 62.1 cm³/mol. The topological polar surface area (TPSA) is 51.2 Å². The van der Waals surface area contributed by atoms with E-state index in [1.54, 1.807) is 11.3 Å². The van der Waals surface area contributed by atoms with Gasteiger partial charge in [-0.15, -0.1) is 11.3 Å². The number of carbonyl (C=O) groups is 1. The van der Waals surface area contributed by atoms with Gasteiger partial charge in [-0.1, -0.05) is 6.42 Å². The summed E-state index contributed by atoms with van der Waals surface area (Å²) in [6.45, 7) is 0.794. The molecule has 4 nitrogen and oxygen atoms in total. The third kappa shape index (κ3) is 2.59. The molecule has 1 N–H and O–H groups in total. The number of ether oxygens (including phenoxy) is 1. The third-order valence-electron chi connectivity index (χ3n) is 3.04. The molecule has 1 aliphatic carbocycles. The quantitative estimate of drug-likeness (QED) is 0.812. The maximum Gasteiger partial charge on any atom is 0.310 e. The first-order chi connectivity index (χ1) is 7.81. The van der Waals surface area contributed by atoms with E-state index in [0.717, 1.165) is 25.8 Å². The number of carbonyl (C=O) groups excluding carboxylic acids is 1. The van der Waals surface area contributed by atoms with E-state index in [0.29, 0.717) is 0 Å². The molecule has 1 fully saturated rings. The fourth-order valence-corrected chi connectivity index (χ4v) is 2.74. The lowest BCUT2D eigenvalue weighted by Crippen LogP contribution is -2.36. The Morgan fingerprint density at radius 1 is 1.69 bits per heavy atom. The molecule has 1 heterocycles. The lowest BCUT2D eigenvalue weighted by Gasteiger charge is -2.18. The molecular formula is C11H16N2O2S. The summed E-state index contributed by atoms with van der Waals surface area (Å²) in [5.41, 5.74) is 1.82. The molecular weight excluding hydrogens is 224 g/mol. The Morgan fingerprint density at radius 3 is 3.25 bits per heavy atom. The summed E-state index contributed by atoms with van der Waals surface area (Å²) < 4.78 is 4.81. The Hall–Kier alpha value is -0.940. The van der Waals surface area contributed by atoms with Crippen molar-refractivity contribution < 1.29 is 9.53 Å². The third-order valence-corrected chi connectivity index (χ3v) is 3.82. The van der Waals surface area contributed by atoms with Gasteiger partial charge in [0, 0.05) is 23.7 Å². The minimum atomic E-state index is -0.0840. The van der Waals surface area contributed by atoms with Crippen LogP contribution in [0.15, 0.2) is 11.7 Å². The molecule has 0 unspecified atom stereocenters. The summed E-state index contributed by atoms with van der Waals surface area (Å²) in [5, 5.41) is 3.42. The molecule has 2 rings (SSSR count). The Bertz CT molecular complexity index is 340. The highest BCUT2D eigenvalue weighted by atomic mass is 32.1. The van der Waals surface area contributed by atoms with Crippen LogP contribution in [-0.4, -0.2) is 24.1 Å². The standard InChI is InChI=1S/C11H16N2O2S/c1-15-11(14)9-3-2-4-10(9)13-6-8-5-12-7-16-8/h5,7,9-10,13H,2-4,6H2,1H3/t9-,10+/m0/s1. The SMILES string of the molecule is COC(=O)[C@H]1CCC[C@H]1NCc1cncs1. The average molecular weight is 240 g/mol. The zero-order valence-electron chi connectivity index (χ0n) is 9.31. The summed E-state index contributed by atoms with van der Waals surface area (Å²) in [7, 11) is 1.46. The number of rotatable bonds is 4. The van der Waals surface area contributed by atoms with E-state index in [1.807, 2.05) is 11.7 Å². The van der Waals surface area contributed by atoms with Gasteiger partial charge in [0.15, 0.2) is 0 Å². The first-order valence-electron chi connectivity index (χ1n) is 5.50. The number of hydrogen-bond acceptors (Lipinski definition) is 5. The van der Waals surface area contributed by atoms with Gasteiger partial charge < -0.3 is 10.1 Å². The van der Waals surface area contributed by atoms with Crippen molar-refractivity contribution in [1.29, 1.82) is 0 Å². The van der Waals surface area contributed by atoms with Crippen LogP contribution in [0.1, 0.15) is 24.1 Å². The fourth-order valence-electron chi connectivity index (χ4n) is 2.20. The van der Waals surface area contributed by atoms with E-state index in [1.165, 1.54) is 12.0 Å². The number of thiazole rings is 1. The van der Waals surface area contributed by atoms with Crippen molar-refractivity contribution >= 4 is 17.3 Å². The highest BCUT2D eigenvalue weighted by Gasteiger charge is 2.33. The zero-order chi connectivity index (χ0) is 11.4. The summed E-state index contributed by atoms with van der Waals surface area (Å²) in [6, 6.07) is 0.259. The molecule has 1 aromatic rings. The second-order valence-electron chi connectivity index (χ2n) is 4.02. The van der Waals surface area contributed by atoms with Crippen molar-refractivity contribution in [3.05, 3.63) is 16.6 Å². The fraction of sp³-hybridized carbons (Fsp3) is 0.636. The molecule has 1 aromatic heterocycles. The minimum absolute atomic E-state index is 0.0259. The Labute approximate surface area is 99.0 Å². The minimum Gasteiger partial charge on any atom is -0.469 e. The van der Waals surface area contributed by atoms with Crippen molar-refractivity contribution in [1.82, 2.24) is 10.3 Å². The lowest BCUT2D eigenvalue weighted by atomic mass is 10.0. The van der Waals surface area contributed by atoms with Crippen LogP contribution in [0, 0.1) is 5.92 Å². The molecule has 0 spiro atoms. The second-order valence-corrected chi connectivity index (χ2v) is 4.99. The predicted octanol–water partition coefficient (Wildman–Crippen LogP) is 1.57. The molecule has 2 atom stereocenters. The molecule has 1 aliphatic rings. The van der Waals surface area contributed by atoms with Crippen LogP contribution in [0.4, 0.5) is 0 Å². The molecule has 0 aromatic carbocycles. The second kappa shape index (κ2) is 5.41. The first-order valence-corrected chi connectivity index (χ1v) is 6.38. The molecule has 16 heavy (non-hydrogen) atoms. The van der Waals surface area contributed by atoms with Gasteiger partial charge in [-0.2, -0.15) is 0 Å². The zero-order valence-corrected chi connectivity index (χ0v) is 10.1. The van der Waals surface area contributed by atoms with Crippen LogP contribution in [0.2, 0.25) is 0 Å². The maximum atomic E-state index is 11.5. The monoisotopic (exact) mass is 240 g/mol. The number of methoxy groups -OCH3 is 1. The van der Waals surface area contributed by atoms with Crippen molar-refractivity contribution in [3.63, 3.8) is 0 Å². The van der Waals surface area contributed by atoms with E-state index < -0.39 is 0 Å². The molecule has 0 saturated heterocycles. The van der Waals surface area contributed by atoms with Gasteiger partial charge in [0.2, 0.25) is 0 Å². The van der Waals surface area contributed by atoms with Gasteiger partial charge in [-0.05, 0) is 12.8 Å². The molecule has 1 saturated carbocycles. The van der Waals surface area contributed by atoms with Gasteiger partial charge in [-0.3, -0.25) is 9.78 Å². The molecule has 0 aliphatic heterocycles. The van der Waals surface area contributed by atoms with E-state index in [-0.39, 0.29) is 17.9 Å². The van der Waals surface area contributed by atoms with Crippen molar-refractivity contribution in [2.45, 2.75) is 31.8 Å². The van der Waals surface area contributed by atoms with Crippen LogP contribution >= 0.6 is 11.3 Å².